The molecule has 0 spiro atoms. The summed E-state index contributed by atoms with van der Waals surface area (Å²) >= 11 is 1.94. The van der Waals surface area contributed by atoms with Gasteiger partial charge < -0.3 is 10.2 Å². The van der Waals surface area contributed by atoms with Gasteiger partial charge in [0.1, 0.15) is 5.82 Å². The largest absolute Gasteiger partial charge is 0.370 e. The van der Waals surface area contributed by atoms with Crippen molar-refractivity contribution in [1.82, 2.24) is 9.88 Å². The second kappa shape index (κ2) is 7.69. The monoisotopic (exact) mass is 307 g/mol. The molecule has 0 bridgehead atoms. The first-order valence-corrected chi connectivity index (χ1v) is 8.84. The quantitative estimate of drug-likeness (QED) is 0.908. The second-order valence-corrected chi connectivity index (χ2v) is 6.99. The van der Waals surface area contributed by atoms with Crippen LogP contribution in [0.2, 0.25) is 0 Å². The lowest BCUT2D eigenvalue weighted by Gasteiger charge is -2.30. The molecule has 1 N–H and O–H groups in total. The van der Waals surface area contributed by atoms with E-state index in [2.05, 4.69) is 31.1 Å². The van der Waals surface area contributed by atoms with Crippen molar-refractivity contribution in [3.8, 4) is 0 Å². The van der Waals surface area contributed by atoms with Crippen molar-refractivity contribution < 1.29 is 4.79 Å². The number of carbonyl (C=O) groups excluding carboxylic acids is 1. The Balaban J connectivity index is 2.18. The van der Waals surface area contributed by atoms with E-state index in [9.17, 15) is 4.79 Å². The average Bonchev–Trinajstić information content (AvgIpc) is 2.51. The molecular weight excluding hydrogens is 282 g/mol. The number of aryl methyl sites for hydroxylation is 1. The third-order valence-electron chi connectivity index (χ3n) is 3.57. The molecule has 1 aromatic heterocycles. The summed E-state index contributed by atoms with van der Waals surface area (Å²) in [4.78, 5) is 19.2. The summed E-state index contributed by atoms with van der Waals surface area (Å²) in [6.07, 6.45) is 1.89. The third kappa shape index (κ3) is 4.37. The Bertz CT molecular complexity index is 492. The molecule has 2 rings (SSSR count). The molecule has 2 heterocycles. The molecule has 21 heavy (non-hydrogen) atoms. The van der Waals surface area contributed by atoms with Crippen molar-refractivity contribution in [3.63, 3.8) is 0 Å². The first kappa shape index (κ1) is 16.1. The number of pyridine rings is 1. The van der Waals surface area contributed by atoms with Crippen LogP contribution in [0, 0.1) is 0 Å². The standard InChI is InChI=1S/C16H25N3OS/c1-4-6-17-15-10-13(9-14(5-2)18-15)16(20)19-7-8-21-12(3)11-19/h9-10,12H,4-8,11H2,1-3H3,(H,17,18). The zero-order valence-corrected chi connectivity index (χ0v) is 14.0. The Labute approximate surface area is 131 Å². The van der Waals surface area contributed by atoms with Gasteiger partial charge in [-0.25, -0.2) is 4.98 Å². The van der Waals surface area contributed by atoms with Crippen LogP contribution >= 0.6 is 11.8 Å². The van der Waals surface area contributed by atoms with Crippen LogP contribution < -0.4 is 5.32 Å². The van der Waals surface area contributed by atoms with Crippen LogP contribution in [0.25, 0.3) is 0 Å². The predicted molar refractivity (Wildman–Crippen MR) is 90.2 cm³/mol. The highest BCUT2D eigenvalue weighted by Crippen LogP contribution is 2.21. The first-order valence-electron chi connectivity index (χ1n) is 7.79. The van der Waals surface area contributed by atoms with Crippen LogP contribution in [0.1, 0.15) is 43.2 Å². The average molecular weight is 307 g/mol. The van der Waals surface area contributed by atoms with Gasteiger partial charge >= 0.3 is 0 Å². The van der Waals surface area contributed by atoms with E-state index in [4.69, 9.17) is 0 Å². The number of aromatic nitrogens is 1. The minimum Gasteiger partial charge on any atom is -0.370 e. The Kier molecular flexibility index (Phi) is 5.91. The van der Waals surface area contributed by atoms with Crippen molar-refractivity contribution in [2.75, 3.05) is 30.7 Å². The van der Waals surface area contributed by atoms with Crippen LogP contribution in [0.15, 0.2) is 12.1 Å². The van der Waals surface area contributed by atoms with E-state index < -0.39 is 0 Å². The summed E-state index contributed by atoms with van der Waals surface area (Å²) in [5, 5.41) is 3.81. The normalized spacial score (nSPS) is 18.6. The molecule has 0 saturated carbocycles. The van der Waals surface area contributed by atoms with E-state index in [1.54, 1.807) is 0 Å². The third-order valence-corrected chi connectivity index (χ3v) is 4.71. The van der Waals surface area contributed by atoms with Gasteiger partial charge in [0.05, 0.1) is 0 Å². The number of amides is 1. The molecule has 1 fully saturated rings. The molecule has 1 aliphatic rings. The lowest BCUT2D eigenvalue weighted by atomic mass is 10.1. The van der Waals surface area contributed by atoms with Gasteiger partial charge in [-0.15, -0.1) is 0 Å². The minimum atomic E-state index is 0.138. The molecule has 116 valence electrons. The minimum absolute atomic E-state index is 0.138. The van der Waals surface area contributed by atoms with Crippen molar-refractivity contribution in [2.24, 2.45) is 0 Å². The van der Waals surface area contributed by atoms with Crippen molar-refractivity contribution in [1.29, 1.82) is 0 Å². The smallest absolute Gasteiger partial charge is 0.254 e. The summed E-state index contributed by atoms with van der Waals surface area (Å²) in [7, 11) is 0. The summed E-state index contributed by atoms with van der Waals surface area (Å²) in [5.74, 6) is 1.98. The molecule has 1 atom stereocenters. The summed E-state index contributed by atoms with van der Waals surface area (Å²) in [6, 6.07) is 3.83. The fraction of sp³-hybridized carbons (Fsp3) is 0.625. The molecule has 5 heteroatoms. The Hall–Kier alpha value is -1.23. The summed E-state index contributed by atoms with van der Waals surface area (Å²) < 4.78 is 0. The Morgan fingerprint density at radius 2 is 2.29 bits per heavy atom. The molecule has 1 amide bonds. The SMILES string of the molecule is CCCNc1cc(C(=O)N2CCSC(C)C2)cc(CC)n1. The van der Waals surface area contributed by atoms with Gasteiger partial charge in [0.2, 0.25) is 0 Å². The van der Waals surface area contributed by atoms with E-state index in [1.807, 2.05) is 28.8 Å². The van der Waals surface area contributed by atoms with Crippen LogP contribution in [0.5, 0.6) is 0 Å². The van der Waals surface area contributed by atoms with E-state index >= 15 is 0 Å². The zero-order chi connectivity index (χ0) is 15.2. The lowest BCUT2D eigenvalue weighted by Crippen LogP contribution is -2.41. The number of hydrogen-bond donors (Lipinski definition) is 1. The number of anilines is 1. The van der Waals surface area contributed by atoms with Gasteiger partial charge in [0.25, 0.3) is 5.91 Å². The highest BCUT2D eigenvalue weighted by Gasteiger charge is 2.23. The Morgan fingerprint density at radius 3 is 2.95 bits per heavy atom. The van der Waals surface area contributed by atoms with Crippen molar-refractivity contribution in [3.05, 3.63) is 23.4 Å². The number of hydrogen-bond acceptors (Lipinski definition) is 4. The highest BCUT2D eigenvalue weighted by atomic mass is 32.2. The van der Waals surface area contributed by atoms with Crippen molar-refractivity contribution >= 4 is 23.5 Å². The number of nitrogens with one attached hydrogen (secondary N) is 1. The molecular formula is C16H25N3OS. The molecule has 1 unspecified atom stereocenters. The van der Waals surface area contributed by atoms with Gasteiger partial charge in [-0.3, -0.25) is 4.79 Å². The molecule has 4 nitrogen and oxygen atoms in total. The van der Waals surface area contributed by atoms with Crippen molar-refractivity contribution in [2.45, 2.75) is 38.9 Å². The maximum Gasteiger partial charge on any atom is 0.254 e. The fourth-order valence-electron chi connectivity index (χ4n) is 2.42. The lowest BCUT2D eigenvalue weighted by molar-refractivity contribution is 0.0763. The van der Waals surface area contributed by atoms with E-state index in [-0.39, 0.29) is 5.91 Å². The molecule has 0 aliphatic carbocycles. The van der Waals surface area contributed by atoms with Gasteiger partial charge in [-0.1, -0.05) is 20.8 Å². The fourth-order valence-corrected chi connectivity index (χ4v) is 3.43. The van der Waals surface area contributed by atoms with Crippen LogP contribution in [-0.2, 0) is 6.42 Å². The van der Waals surface area contributed by atoms with Crippen LogP contribution in [-0.4, -0.2) is 46.4 Å². The molecule has 1 aliphatic heterocycles. The van der Waals surface area contributed by atoms with Crippen LogP contribution in [0.3, 0.4) is 0 Å². The topological polar surface area (TPSA) is 45.2 Å². The molecule has 0 radical (unpaired) electrons. The second-order valence-electron chi connectivity index (χ2n) is 5.45. The van der Waals surface area contributed by atoms with Gasteiger partial charge in [-0.2, -0.15) is 11.8 Å². The molecule has 1 aromatic rings. The maximum absolute atomic E-state index is 12.7. The Morgan fingerprint density at radius 1 is 1.48 bits per heavy atom. The number of rotatable bonds is 5. The number of thioether (sulfide) groups is 1. The van der Waals surface area contributed by atoms with Gasteiger partial charge in [-0.05, 0) is 25.0 Å². The first-order chi connectivity index (χ1) is 10.1. The zero-order valence-electron chi connectivity index (χ0n) is 13.2. The van der Waals surface area contributed by atoms with Gasteiger partial charge in [0.15, 0.2) is 0 Å². The summed E-state index contributed by atoms with van der Waals surface area (Å²) in [5.41, 5.74) is 1.73. The molecule has 0 aromatic carbocycles. The van der Waals surface area contributed by atoms with E-state index in [0.29, 0.717) is 5.25 Å². The maximum atomic E-state index is 12.7. The van der Waals surface area contributed by atoms with Crippen LogP contribution in [0.4, 0.5) is 5.82 Å². The molecule has 1 saturated heterocycles. The summed E-state index contributed by atoms with van der Waals surface area (Å²) in [6.45, 7) is 8.93. The van der Waals surface area contributed by atoms with E-state index in [1.165, 1.54) is 0 Å². The van der Waals surface area contributed by atoms with E-state index in [0.717, 1.165) is 55.3 Å². The van der Waals surface area contributed by atoms with Gasteiger partial charge in [0, 0.05) is 41.9 Å². The highest BCUT2D eigenvalue weighted by molar-refractivity contribution is 7.99. The predicted octanol–water partition coefficient (Wildman–Crippen LogP) is 3.04. The number of carbonyl (C=O) groups is 1. The number of nitrogens with zero attached hydrogens (tertiary/aromatic N) is 2.